The molecule has 0 aromatic rings. The van der Waals surface area contributed by atoms with Crippen LogP contribution in [0.2, 0.25) is 0 Å². The molecule has 0 radical (unpaired) electrons. The van der Waals surface area contributed by atoms with Gasteiger partial charge in [0.1, 0.15) is 0 Å². The molecule has 0 aliphatic carbocycles. The largest absolute Gasteiger partial charge is 0.375 e. The van der Waals surface area contributed by atoms with Crippen LogP contribution in [0.1, 0.15) is 94.4 Å². The van der Waals surface area contributed by atoms with Gasteiger partial charge in [-0.2, -0.15) is 0 Å². The highest BCUT2D eigenvalue weighted by Crippen LogP contribution is 2.20. The molecule has 3 N–H and O–H groups in total. The molecular formula is C24H48N4O5. The van der Waals surface area contributed by atoms with Crippen molar-refractivity contribution in [2.24, 2.45) is 5.92 Å². The van der Waals surface area contributed by atoms with Crippen LogP contribution in [0.15, 0.2) is 0 Å². The first-order chi connectivity index (χ1) is 15.4. The van der Waals surface area contributed by atoms with E-state index in [1.807, 2.05) is 55.4 Å². The number of carbonyl (C=O) groups is 4. The number of hydrogen-bond donors (Lipinski definition) is 3. The fourth-order valence-electron chi connectivity index (χ4n) is 3.07. The van der Waals surface area contributed by atoms with Gasteiger partial charge in [0.2, 0.25) is 23.6 Å². The minimum absolute atomic E-state index is 0.0839. The lowest BCUT2D eigenvalue weighted by atomic mass is 9.99. The summed E-state index contributed by atoms with van der Waals surface area (Å²) in [4.78, 5) is 48.7. The summed E-state index contributed by atoms with van der Waals surface area (Å²) in [5.74, 6) is -1.03. The molecule has 194 valence electrons. The first-order valence-electron chi connectivity index (χ1n) is 12.1. The lowest BCUT2D eigenvalue weighted by Gasteiger charge is -2.30. The molecular weight excluding hydrogens is 424 g/mol. The quantitative estimate of drug-likeness (QED) is 0.297. The van der Waals surface area contributed by atoms with E-state index >= 15 is 0 Å². The molecule has 0 aromatic heterocycles. The van der Waals surface area contributed by atoms with Crippen molar-refractivity contribution in [1.82, 2.24) is 21.1 Å². The van der Waals surface area contributed by atoms with E-state index in [-0.39, 0.29) is 48.9 Å². The van der Waals surface area contributed by atoms with Crippen molar-refractivity contribution in [3.63, 3.8) is 0 Å². The van der Waals surface area contributed by atoms with Crippen molar-refractivity contribution in [1.29, 1.82) is 0 Å². The lowest BCUT2D eigenvalue weighted by molar-refractivity contribution is -0.139. The number of ether oxygens (including phenoxy) is 1. The molecule has 1 atom stereocenters. The maximum absolute atomic E-state index is 12.3. The number of amides is 4. The molecule has 1 aliphatic heterocycles. The Kier molecular flexibility index (Phi) is 16.7. The van der Waals surface area contributed by atoms with E-state index < -0.39 is 11.1 Å². The summed E-state index contributed by atoms with van der Waals surface area (Å²) in [6.45, 7) is 17.9. The second kappa shape index (κ2) is 16.6. The molecule has 0 bridgehead atoms. The van der Waals surface area contributed by atoms with E-state index in [1.54, 1.807) is 14.0 Å². The Bertz CT molecular complexity index is 620. The van der Waals surface area contributed by atoms with E-state index in [0.29, 0.717) is 25.9 Å². The minimum Gasteiger partial charge on any atom is -0.375 e. The summed E-state index contributed by atoms with van der Waals surface area (Å²) in [6, 6.07) is 0. The molecule has 9 heteroatoms. The highest BCUT2D eigenvalue weighted by molar-refractivity contribution is 6.03. The second-order valence-electron chi connectivity index (χ2n) is 8.83. The molecule has 1 saturated heterocycles. The summed E-state index contributed by atoms with van der Waals surface area (Å²) in [7, 11) is 1.64. The number of likely N-dealkylation sites (tertiary alicyclic amines) is 1. The van der Waals surface area contributed by atoms with Crippen LogP contribution < -0.4 is 16.2 Å². The van der Waals surface area contributed by atoms with Crippen LogP contribution in [-0.4, -0.2) is 59.9 Å². The number of hydrogen-bond acceptors (Lipinski definition) is 6. The van der Waals surface area contributed by atoms with Crippen molar-refractivity contribution >= 4 is 23.6 Å². The maximum atomic E-state index is 12.3. The van der Waals surface area contributed by atoms with Gasteiger partial charge in [-0.25, -0.2) is 5.43 Å². The Morgan fingerprint density at radius 3 is 2.06 bits per heavy atom. The predicted molar refractivity (Wildman–Crippen MR) is 131 cm³/mol. The molecule has 4 amide bonds. The summed E-state index contributed by atoms with van der Waals surface area (Å²) in [5.41, 5.74) is 4.16. The van der Waals surface area contributed by atoms with E-state index in [1.165, 1.54) is 4.90 Å². The van der Waals surface area contributed by atoms with Gasteiger partial charge < -0.3 is 10.1 Å². The van der Waals surface area contributed by atoms with Gasteiger partial charge in [0.15, 0.2) is 0 Å². The highest BCUT2D eigenvalue weighted by Gasteiger charge is 2.35. The van der Waals surface area contributed by atoms with Crippen molar-refractivity contribution in [3.05, 3.63) is 0 Å². The highest BCUT2D eigenvalue weighted by atomic mass is 16.5. The summed E-state index contributed by atoms with van der Waals surface area (Å²) in [5, 5.41) is 2.93. The van der Waals surface area contributed by atoms with Crippen molar-refractivity contribution in [3.8, 4) is 0 Å². The first kappa shape index (κ1) is 33.2. The molecule has 1 heterocycles. The van der Waals surface area contributed by atoms with Gasteiger partial charge in [-0.05, 0) is 40.5 Å². The van der Waals surface area contributed by atoms with Crippen LogP contribution in [-0.2, 0) is 23.9 Å². The molecule has 1 fully saturated rings. The molecule has 0 saturated carbocycles. The normalized spacial score (nSPS) is 15.8. The Morgan fingerprint density at radius 2 is 1.58 bits per heavy atom. The van der Waals surface area contributed by atoms with E-state index in [2.05, 4.69) is 16.2 Å². The SMILES string of the molecule is CC.CC.CNNC(=O)CCC(C)(C)OCCC(C)(C)NC(=O)CCN1C(=O)CC(C)C1=O. The number of nitrogens with zero attached hydrogens (tertiary/aromatic N) is 1. The molecule has 9 nitrogen and oxygen atoms in total. The average Bonchev–Trinajstić information content (AvgIpc) is 2.98. The number of carbonyl (C=O) groups excluding carboxylic acids is 4. The van der Waals surface area contributed by atoms with Crippen LogP contribution in [0.3, 0.4) is 0 Å². The molecule has 1 rings (SSSR count). The monoisotopic (exact) mass is 472 g/mol. The van der Waals surface area contributed by atoms with Gasteiger partial charge in [-0.3, -0.25) is 29.5 Å². The van der Waals surface area contributed by atoms with Crippen molar-refractivity contribution in [2.75, 3.05) is 20.2 Å². The van der Waals surface area contributed by atoms with Crippen LogP contribution in [0.5, 0.6) is 0 Å². The smallest absolute Gasteiger partial charge is 0.234 e. The summed E-state index contributed by atoms with van der Waals surface area (Å²) >= 11 is 0. The summed E-state index contributed by atoms with van der Waals surface area (Å²) in [6.07, 6.45) is 1.81. The van der Waals surface area contributed by atoms with Crippen LogP contribution >= 0.6 is 0 Å². The lowest BCUT2D eigenvalue weighted by Crippen LogP contribution is -2.46. The number of imide groups is 1. The minimum atomic E-state index is -0.497. The van der Waals surface area contributed by atoms with Gasteiger partial charge in [-0.1, -0.05) is 34.6 Å². The fraction of sp³-hybridized carbons (Fsp3) is 0.833. The number of rotatable bonds is 12. The number of nitrogens with one attached hydrogen (secondary N) is 3. The van der Waals surface area contributed by atoms with Crippen LogP contribution in [0, 0.1) is 5.92 Å². The van der Waals surface area contributed by atoms with Gasteiger partial charge in [0, 0.05) is 50.9 Å². The zero-order chi connectivity index (χ0) is 26.2. The molecule has 0 spiro atoms. The molecule has 1 unspecified atom stereocenters. The Hall–Kier alpha value is -2.00. The second-order valence-corrected chi connectivity index (χ2v) is 8.83. The van der Waals surface area contributed by atoms with Gasteiger partial charge in [0.25, 0.3) is 0 Å². The first-order valence-corrected chi connectivity index (χ1v) is 12.1. The van der Waals surface area contributed by atoms with Gasteiger partial charge in [0.05, 0.1) is 5.60 Å². The zero-order valence-electron chi connectivity index (χ0n) is 22.5. The third kappa shape index (κ3) is 14.0. The summed E-state index contributed by atoms with van der Waals surface area (Å²) < 4.78 is 5.91. The predicted octanol–water partition coefficient (Wildman–Crippen LogP) is 2.93. The molecule has 0 aromatic carbocycles. The third-order valence-corrected chi connectivity index (χ3v) is 4.95. The van der Waals surface area contributed by atoms with Gasteiger partial charge >= 0.3 is 0 Å². The maximum Gasteiger partial charge on any atom is 0.234 e. The van der Waals surface area contributed by atoms with E-state index in [0.717, 1.165) is 0 Å². The molecule has 1 aliphatic rings. The van der Waals surface area contributed by atoms with Gasteiger partial charge in [-0.15, -0.1) is 0 Å². The van der Waals surface area contributed by atoms with Crippen molar-refractivity contribution < 1.29 is 23.9 Å². The Balaban J connectivity index is 0. The van der Waals surface area contributed by atoms with Crippen LogP contribution in [0.4, 0.5) is 0 Å². The topological polar surface area (TPSA) is 117 Å². The fourth-order valence-corrected chi connectivity index (χ4v) is 3.07. The standard InChI is InChI=1S/C20H36N4O5.2C2H6/c1-14-13-17(27)24(18(14)28)11-8-15(25)22-19(2,3)10-12-29-20(4,5)9-7-16(26)23-21-6;2*1-2/h14,21H,7-13H2,1-6H3,(H,22,25)(H,23,26);2*1-2H3. The Morgan fingerprint density at radius 1 is 1.00 bits per heavy atom. The van der Waals surface area contributed by atoms with E-state index in [4.69, 9.17) is 4.74 Å². The van der Waals surface area contributed by atoms with Crippen molar-refractivity contribution in [2.45, 2.75) is 106 Å². The molecule has 33 heavy (non-hydrogen) atoms. The number of hydrazine groups is 1. The average molecular weight is 473 g/mol. The zero-order valence-corrected chi connectivity index (χ0v) is 22.5. The van der Waals surface area contributed by atoms with Crippen LogP contribution in [0.25, 0.3) is 0 Å². The Labute approximate surface area is 200 Å². The third-order valence-electron chi connectivity index (χ3n) is 4.95. The van der Waals surface area contributed by atoms with E-state index in [9.17, 15) is 19.2 Å².